The molecule has 2 rings (SSSR count). The van der Waals surface area contributed by atoms with E-state index in [-0.39, 0.29) is 12.0 Å². The Morgan fingerprint density at radius 3 is 3.00 bits per heavy atom. The van der Waals surface area contributed by atoms with Crippen LogP contribution in [0.1, 0.15) is 38.6 Å². The van der Waals surface area contributed by atoms with E-state index in [9.17, 15) is 0 Å². The van der Waals surface area contributed by atoms with Gasteiger partial charge in [0.25, 0.3) is 0 Å². The summed E-state index contributed by atoms with van der Waals surface area (Å²) in [5, 5.41) is 14.1. The molecular weight excluding hydrogens is 222 g/mol. The lowest BCUT2D eigenvalue weighted by atomic mass is 9.78. The maximum atomic E-state index is 9.16. The first-order chi connectivity index (χ1) is 7.74. The highest BCUT2D eigenvalue weighted by atomic mass is 35.5. The zero-order valence-electron chi connectivity index (χ0n) is 9.43. The third-order valence-corrected chi connectivity index (χ3v) is 3.77. The lowest BCUT2D eigenvalue weighted by molar-refractivity contribution is 0.203. The normalized spacial score (nSPS) is 29.9. The minimum absolute atomic E-state index is 0.0822. The maximum Gasteiger partial charge on any atom is 0.0785 e. The average Bonchev–Trinajstić information content (AvgIpc) is 2.75. The molecule has 0 bridgehead atoms. The second-order valence-corrected chi connectivity index (χ2v) is 4.97. The first-order valence-corrected chi connectivity index (χ1v) is 6.21. The Bertz CT molecular complexity index is 393. The molecule has 1 heterocycles. The molecule has 1 aliphatic rings. The molecular formula is C12H16ClN3. The molecule has 86 valence electrons. The van der Waals surface area contributed by atoms with Gasteiger partial charge in [-0.1, -0.05) is 24.9 Å². The smallest absolute Gasteiger partial charge is 0.0785 e. The van der Waals surface area contributed by atoms with Gasteiger partial charge in [-0.2, -0.15) is 10.4 Å². The van der Waals surface area contributed by atoms with Crippen LogP contribution in [-0.2, 0) is 0 Å². The number of nitrogens with zero attached hydrogens (tertiary/aromatic N) is 3. The van der Waals surface area contributed by atoms with Crippen LogP contribution in [0.2, 0.25) is 5.02 Å². The Morgan fingerprint density at radius 1 is 1.62 bits per heavy atom. The number of nitriles is 1. The summed E-state index contributed by atoms with van der Waals surface area (Å²) in [7, 11) is 0. The number of aromatic nitrogens is 2. The fourth-order valence-electron chi connectivity index (χ4n) is 2.54. The summed E-state index contributed by atoms with van der Waals surface area (Å²) in [4.78, 5) is 0. The van der Waals surface area contributed by atoms with E-state index >= 15 is 0 Å². The number of rotatable bonds is 2. The predicted octanol–water partition coefficient (Wildman–Crippen LogP) is 3.43. The summed E-state index contributed by atoms with van der Waals surface area (Å²) >= 11 is 5.87. The van der Waals surface area contributed by atoms with E-state index < -0.39 is 0 Å². The van der Waals surface area contributed by atoms with Crippen LogP contribution in [0.15, 0.2) is 12.4 Å². The molecule has 0 N–H and O–H groups in total. The summed E-state index contributed by atoms with van der Waals surface area (Å²) in [5.41, 5.74) is 0. The van der Waals surface area contributed by atoms with Gasteiger partial charge in [-0.05, 0) is 25.2 Å². The molecule has 1 saturated carbocycles. The first-order valence-electron chi connectivity index (χ1n) is 5.83. The highest BCUT2D eigenvalue weighted by molar-refractivity contribution is 6.30. The summed E-state index contributed by atoms with van der Waals surface area (Å²) in [6.07, 6.45) is 7.86. The van der Waals surface area contributed by atoms with Crippen LogP contribution < -0.4 is 0 Å². The second-order valence-electron chi connectivity index (χ2n) is 4.53. The van der Waals surface area contributed by atoms with Gasteiger partial charge >= 0.3 is 0 Å². The second kappa shape index (κ2) is 4.88. The zero-order chi connectivity index (χ0) is 11.5. The monoisotopic (exact) mass is 237 g/mol. The molecule has 1 aromatic rings. The van der Waals surface area contributed by atoms with Gasteiger partial charge in [0.1, 0.15) is 0 Å². The van der Waals surface area contributed by atoms with Crippen molar-refractivity contribution >= 4 is 11.6 Å². The van der Waals surface area contributed by atoms with E-state index in [1.165, 1.54) is 12.8 Å². The van der Waals surface area contributed by atoms with Gasteiger partial charge in [0.05, 0.1) is 29.2 Å². The van der Waals surface area contributed by atoms with E-state index in [1.807, 2.05) is 10.9 Å². The van der Waals surface area contributed by atoms with Crippen molar-refractivity contribution in [1.82, 2.24) is 9.78 Å². The van der Waals surface area contributed by atoms with Crippen molar-refractivity contribution in [3.8, 4) is 6.07 Å². The predicted molar refractivity (Wildman–Crippen MR) is 63.0 cm³/mol. The molecule has 0 radical (unpaired) electrons. The topological polar surface area (TPSA) is 41.6 Å². The average molecular weight is 238 g/mol. The lowest BCUT2D eigenvalue weighted by Crippen LogP contribution is -2.27. The number of hydrogen-bond donors (Lipinski definition) is 0. The Hall–Kier alpha value is -1.01. The highest BCUT2D eigenvalue weighted by Gasteiger charge is 2.31. The van der Waals surface area contributed by atoms with Crippen molar-refractivity contribution in [2.45, 2.75) is 38.6 Å². The molecule has 0 spiro atoms. The zero-order valence-corrected chi connectivity index (χ0v) is 10.2. The van der Waals surface area contributed by atoms with Gasteiger partial charge in [0.15, 0.2) is 0 Å². The molecule has 3 unspecified atom stereocenters. The van der Waals surface area contributed by atoms with Gasteiger partial charge < -0.3 is 0 Å². The van der Waals surface area contributed by atoms with Crippen molar-refractivity contribution in [2.24, 2.45) is 11.8 Å². The summed E-state index contributed by atoms with van der Waals surface area (Å²) in [6, 6.07) is 2.61. The van der Waals surface area contributed by atoms with Crippen LogP contribution in [0.5, 0.6) is 0 Å². The molecule has 3 atom stereocenters. The van der Waals surface area contributed by atoms with Gasteiger partial charge in [-0.3, -0.25) is 4.68 Å². The van der Waals surface area contributed by atoms with Crippen molar-refractivity contribution < 1.29 is 0 Å². The van der Waals surface area contributed by atoms with Crippen LogP contribution in [-0.4, -0.2) is 9.78 Å². The summed E-state index contributed by atoms with van der Waals surface area (Å²) in [5.74, 6) is 0.802. The van der Waals surface area contributed by atoms with Crippen molar-refractivity contribution in [1.29, 1.82) is 5.26 Å². The Balaban J connectivity index is 2.18. The van der Waals surface area contributed by atoms with Crippen molar-refractivity contribution in [3.05, 3.63) is 17.4 Å². The third kappa shape index (κ3) is 2.22. The molecule has 1 fully saturated rings. The van der Waals surface area contributed by atoms with Crippen LogP contribution in [0.4, 0.5) is 0 Å². The quantitative estimate of drug-likeness (QED) is 0.791. The van der Waals surface area contributed by atoms with Crippen LogP contribution >= 0.6 is 11.6 Å². The minimum atomic E-state index is 0.0822. The Labute approximate surface area is 101 Å². The molecule has 1 aliphatic carbocycles. The van der Waals surface area contributed by atoms with E-state index in [1.54, 1.807) is 6.20 Å². The highest BCUT2D eigenvalue weighted by Crippen LogP contribution is 2.38. The van der Waals surface area contributed by atoms with Crippen molar-refractivity contribution in [2.75, 3.05) is 0 Å². The van der Waals surface area contributed by atoms with Gasteiger partial charge in [0.2, 0.25) is 0 Å². The minimum Gasteiger partial charge on any atom is -0.267 e. The van der Waals surface area contributed by atoms with E-state index in [2.05, 4.69) is 18.1 Å². The Kier molecular flexibility index (Phi) is 3.50. The fraction of sp³-hybridized carbons (Fsp3) is 0.667. The SMILES string of the molecule is CCC1CCC(C#N)C(n2cc(Cl)cn2)C1. The standard InChI is InChI=1S/C12H16ClN3/c1-2-9-3-4-10(6-14)12(5-9)16-8-11(13)7-15-16/h7-10,12H,2-5H2,1H3. The fourth-order valence-corrected chi connectivity index (χ4v) is 2.68. The molecule has 16 heavy (non-hydrogen) atoms. The third-order valence-electron chi connectivity index (χ3n) is 3.58. The molecule has 1 aromatic heterocycles. The summed E-state index contributed by atoms with van der Waals surface area (Å²) < 4.78 is 1.87. The van der Waals surface area contributed by atoms with E-state index in [0.29, 0.717) is 5.02 Å². The van der Waals surface area contributed by atoms with Gasteiger partial charge in [0, 0.05) is 6.20 Å². The molecule has 4 heteroatoms. The molecule has 0 aliphatic heterocycles. The van der Waals surface area contributed by atoms with Gasteiger partial charge in [-0.15, -0.1) is 0 Å². The number of halogens is 1. The summed E-state index contributed by atoms with van der Waals surface area (Å²) in [6.45, 7) is 2.21. The molecule has 0 saturated heterocycles. The largest absolute Gasteiger partial charge is 0.267 e. The van der Waals surface area contributed by atoms with Crippen LogP contribution in [0, 0.1) is 23.2 Å². The maximum absolute atomic E-state index is 9.16. The van der Waals surface area contributed by atoms with Crippen molar-refractivity contribution in [3.63, 3.8) is 0 Å². The first kappa shape index (κ1) is 11.5. The van der Waals surface area contributed by atoms with Gasteiger partial charge in [-0.25, -0.2) is 0 Å². The molecule has 0 amide bonds. The van der Waals surface area contributed by atoms with E-state index in [4.69, 9.17) is 16.9 Å². The lowest BCUT2D eigenvalue weighted by Gasteiger charge is -2.32. The van der Waals surface area contributed by atoms with E-state index in [0.717, 1.165) is 18.8 Å². The Morgan fingerprint density at radius 2 is 2.44 bits per heavy atom. The number of hydrogen-bond acceptors (Lipinski definition) is 2. The molecule has 3 nitrogen and oxygen atoms in total. The molecule has 0 aromatic carbocycles. The van der Waals surface area contributed by atoms with Crippen LogP contribution in [0.3, 0.4) is 0 Å². The van der Waals surface area contributed by atoms with Crippen LogP contribution in [0.25, 0.3) is 0 Å².